The number of hydrogen-bond donors (Lipinski definition) is 0. The number of esters is 1. The summed E-state index contributed by atoms with van der Waals surface area (Å²) in [4.78, 5) is 30.2. The highest BCUT2D eigenvalue weighted by Crippen LogP contribution is 2.11. The van der Waals surface area contributed by atoms with Gasteiger partial charge in [0.25, 0.3) is 5.91 Å². The van der Waals surface area contributed by atoms with Crippen LogP contribution < -0.4 is 4.74 Å². The number of aromatic nitrogens is 1. The Hall–Kier alpha value is -2.41. The first-order valence-corrected chi connectivity index (χ1v) is 7.41. The molecule has 22 heavy (non-hydrogen) atoms. The van der Waals surface area contributed by atoms with Gasteiger partial charge in [-0.15, -0.1) is 11.3 Å². The lowest BCUT2D eigenvalue weighted by molar-refractivity contribution is -0.133. The van der Waals surface area contributed by atoms with Crippen molar-refractivity contribution in [3.63, 3.8) is 0 Å². The van der Waals surface area contributed by atoms with Crippen molar-refractivity contribution in [2.75, 3.05) is 20.8 Å². The first kappa shape index (κ1) is 16.0. The predicted octanol–water partition coefficient (Wildman–Crippen LogP) is 1.97. The number of carbonyl (C=O) groups is 2. The molecule has 0 unspecified atom stereocenters. The maximum Gasteiger partial charge on any atom is 0.340 e. The van der Waals surface area contributed by atoms with Gasteiger partial charge in [-0.2, -0.15) is 0 Å². The molecule has 6 nitrogen and oxygen atoms in total. The molecule has 0 atom stereocenters. The molecule has 0 fully saturated rings. The summed E-state index contributed by atoms with van der Waals surface area (Å²) in [6, 6.07) is 6.97. The molecule has 0 saturated carbocycles. The molecule has 0 saturated heterocycles. The molecular weight excluding hydrogens is 304 g/mol. The Balaban J connectivity index is 1.83. The fourth-order valence-corrected chi connectivity index (χ4v) is 2.42. The molecule has 7 heteroatoms. The molecule has 2 heterocycles. The highest BCUT2D eigenvalue weighted by Gasteiger charge is 2.14. The van der Waals surface area contributed by atoms with E-state index in [1.807, 2.05) is 17.5 Å². The van der Waals surface area contributed by atoms with E-state index in [1.54, 1.807) is 24.5 Å². The third-order valence-corrected chi connectivity index (χ3v) is 3.77. The van der Waals surface area contributed by atoms with Crippen molar-refractivity contribution >= 4 is 23.2 Å². The van der Waals surface area contributed by atoms with E-state index in [0.29, 0.717) is 12.4 Å². The molecule has 0 aliphatic heterocycles. The van der Waals surface area contributed by atoms with Crippen molar-refractivity contribution in [2.24, 2.45) is 0 Å². The summed E-state index contributed by atoms with van der Waals surface area (Å²) in [6.07, 6.45) is 1.35. The summed E-state index contributed by atoms with van der Waals surface area (Å²) in [6.45, 7) is 0.199. The Labute approximate surface area is 132 Å². The van der Waals surface area contributed by atoms with Gasteiger partial charge < -0.3 is 14.4 Å². The average Bonchev–Trinajstić information content (AvgIpc) is 3.05. The molecule has 0 spiro atoms. The Morgan fingerprint density at radius 2 is 2.14 bits per heavy atom. The third-order valence-electron chi connectivity index (χ3n) is 2.91. The zero-order chi connectivity index (χ0) is 15.9. The number of hydrogen-bond acceptors (Lipinski definition) is 6. The molecule has 0 aromatic carbocycles. The van der Waals surface area contributed by atoms with Gasteiger partial charge in [0.2, 0.25) is 5.88 Å². The maximum atomic E-state index is 11.9. The van der Waals surface area contributed by atoms with Crippen LogP contribution in [-0.2, 0) is 16.1 Å². The highest BCUT2D eigenvalue weighted by atomic mass is 32.1. The number of likely N-dealkylation sites (N-methyl/N-ethyl adjacent to an activating group) is 1. The van der Waals surface area contributed by atoms with Gasteiger partial charge in [0, 0.05) is 24.2 Å². The predicted molar refractivity (Wildman–Crippen MR) is 81.9 cm³/mol. The smallest absolute Gasteiger partial charge is 0.340 e. The van der Waals surface area contributed by atoms with Crippen LogP contribution in [0.3, 0.4) is 0 Å². The second-order valence-electron chi connectivity index (χ2n) is 4.49. The Kier molecular flexibility index (Phi) is 5.48. The van der Waals surface area contributed by atoms with Crippen molar-refractivity contribution in [1.82, 2.24) is 9.88 Å². The number of nitrogens with zero attached hydrogens (tertiary/aromatic N) is 2. The van der Waals surface area contributed by atoms with Crippen LogP contribution in [0.1, 0.15) is 15.2 Å². The van der Waals surface area contributed by atoms with Crippen LogP contribution in [0.15, 0.2) is 35.8 Å². The molecule has 1 amide bonds. The van der Waals surface area contributed by atoms with Crippen molar-refractivity contribution < 1.29 is 19.1 Å². The number of pyridine rings is 1. The summed E-state index contributed by atoms with van der Waals surface area (Å²) >= 11 is 1.57. The van der Waals surface area contributed by atoms with Crippen molar-refractivity contribution in [3.8, 4) is 5.88 Å². The molecule has 2 aromatic rings. The van der Waals surface area contributed by atoms with Gasteiger partial charge >= 0.3 is 5.97 Å². The van der Waals surface area contributed by atoms with E-state index in [1.165, 1.54) is 24.3 Å². The van der Waals surface area contributed by atoms with Gasteiger partial charge in [-0.05, 0) is 17.5 Å². The summed E-state index contributed by atoms with van der Waals surface area (Å²) in [5.41, 5.74) is 0.273. The lowest BCUT2D eigenvalue weighted by Crippen LogP contribution is -2.30. The number of ether oxygens (including phenoxy) is 2. The van der Waals surface area contributed by atoms with Crippen LogP contribution in [0.5, 0.6) is 5.88 Å². The van der Waals surface area contributed by atoms with Crippen LogP contribution >= 0.6 is 11.3 Å². The summed E-state index contributed by atoms with van der Waals surface area (Å²) in [7, 11) is 3.16. The van der Waals surface area contributed by atoms with E-state index in [4.69, 9.17) is 9.47 Å². The largest absolute Gasteiger partial charge is 0.481 e. The zero-order valence-corrected chi connectivity index (χ0v) is 13.1. The van der Waals surface area contributed by atoms with Gasteiger partial charge in [0.05, 0.1) is 19.2 Å². The average molecular weight is 320 g/mol. The standard InChI is InChI=1S/C15H16N2O4S/c1-17(9-12-4-3-7-22-12)14(18)10-21-15(19)11-5-6-13(20-2)16-8-11/h3-8H,9-10H2,1-2H3. The number of amides is 1. The maximum absolute atomic E-state index is 11.9. The molecular formula is C15H16N2O4S. The minimum atomic E-state index is -0.590. The molecule has 116 valence electrons. The van der Waals surface area contributed by atoms with E-state index >= 15 is 0 Å². The molecule has 0 bridgehead atoms. The normalized spacial score (nSPS) is 10.1. The van der Waals surface area contributed by atoms with E-state index in [0.717, 1.165) is 4.88 Å². The Morgan fingerprint density at radius 3 is 2.73 bits per heavy atom. The van der Waals surface area contributed by atoms with Crippen molar-refractivity contribution in [2.45, 2.75) is 6.54 Å². The van der Waals surface area contributed by atoms with Gasteiger partial charge in [-0.1, -0.05) is 6.07 Å². The lowest BCUT2D eigenvalue weighted by atomic mass is 10.3. The number of thiophene rings is 1. The molecule has 0 N–H and O–H groups in total. The van der Waals surface area contributed by atoms with Crippen LogP contribution in [0.2, 0.25) is 0 Å². The summed E-state index contributed by atoms with van der Waals surface area (Å²) in [5, 5.41) is 1.95. The first-order chi connectivity index (χ1) is 10.6. The number of methoxy groups -OCH3 is 1. The summed E-state index contributed by atoms with van der Waals surface area (Å²) in [5.74, 6) is -0.445. The van der Waals surface area contributed by atoms with Crippen LogP contribution in [0.4, 0.5) is 0 Å². The topological polar surface area (TPSA) is 68.7 Å². The van der Waals surface area contributed by atoms with Crippen LogP contribution in [0, 0.1) is 0 Å². The van der Waals surface area contributed by atoms with Crippen molar-refractivity contribution in [1.29, 1.82) is 0 Å². The quantitative estimate of drug-likeness (QED) is 0.761. The molecule has 2 rings (SSSR count). The van der Waals surface area contributed by atoms with E-state index in [9.17, 15) is 9.59 Å². The van der Waals surface area contributed by atoms with Crippen LogP contribution in [0.25, 0.3) is 0 Å². The fraction of sp³-hybridized carbons (Fsp3) is 0.267. The second kappa shape index (κ2) is 7.56. The minimum absolute atomic E-state index is 0.261. The van der Waals surface area contributed by atoms with Crippen LogP contribution in [-0.4, -0.2) is 42.5 Å². The minimum Gasteiger partial charge on any atom is -0.481 e. The summed E-state index contributed by atoms with van der Waals surface area (Å²) < 4.78 is 9.90. The molecule has 0 radical (unpaired) electrons. The van der Waals surface area contributed by atoms with Gasteiger partial charge in [0.15, 0.2) is 6.61 Å². The highest BCUT2D eigenvalue weighted by molar-refractivity contribution is 7.09. The number of rotatable bonds is 6. The van der Waals surface area contributed by atoms with Gasteiger partial charge in [-0.3, -0.25) is 4.79 Å². The SMILES string of the molecule is COc1ccc(C(=O)OCC(=O)N(C)Cc2cccs2)cn1. The van der Waals surface area contributed by atoms with Gasteiger partial charge in [0.1, 0.15) is 0 Å². The first-order valence-electron chi connectivity index (χ1n) is 6.53. The monoisotopic (exact) mass is 320 g/mol. The van der Waals surface area contributed by atoms with Gasteiger partial charge in [-0.25, -0.2) is 9.78 Å². The molecule has 0 aliphatic carbocycles. The Bertz CT molecular complexity index is 626. The zero-order valence-electron chi connectivity index (χ0n) is 12.3. The molecule has 2 aromatic heterocycles. The van der Waals surface area contributed by atoms with E-state index < -0.39 is 5.97 Å². The third kappa shape index (κ3) is 4.29. The molecule has 0 aliphatic rings. The fourth-order valence-electron chi connectivity index (χ4n) is 1.67. The number of carbonyl (C=O) groups excluding carboxylic acids is 2. The van der Waals surface area contributed by atoms with E-state index in [-0.39, 0.29) is 18.1 Å². The second-order valence-corrected chi connectivity index (χ2v) is 5.53. The van der Waals surface area contributed by atoms with Crippen molar-refractivity contribution in [3.05, 3.63) is 46.3 Å². The Morgan fingerprint density at radius 1 is 1.32 bits per heavy atom. The van der Waals surface area contributed by atoms with E-state index in [2.05, 4.69) is 4.98 Å². The lowest BCUT2D eigenvalue weighted by Gasteiger charge is -2.16.